The fourth-order valence-corrected chi connectivity index (χ4v) is 4.79. The molecule has 0 atom stereocenters. The number of likely N-dealkylation sites (tertiary alicyclic amines) is 1. The molecule has 0 radical (unpaired) electrons. The number of amides is 2. The van der Waals surface area contributed by atoms with Crippen LogP contribution in [0.1, 0.15) is 49.5 Å². The van der Waals surface area contributed by atoms with Crippen molar-refractivity contribution in [2.75, 3.05) is 36.9 Å². The molecular weight excluding hydrogens is 516 g/mol. The first-order chi connectivity index (χ1) is 19.7. The molecule has 2 N–H and O–H groups in total. The number of ether oxygens (including phenoxy) is 2. The van der Waals surface area contributed by atoms with E-state index >= 15 is 0 Å². The zero-order chi connectivity index (χ0) is 28.8. The lowest BCUT2D eigenvalue weighted by molar-refractivity contribution is 0.102. The molecule has 0 saturated carbocycles. The largest absolute Gasteiger partial charge is 0.457 e. The minimum atomic E-state index is -0.546. The predicted molar refractivity (Wildman–Crippen MR) is 162 cm³/mol. The van der Waals surface area contributed by atoms with Crippen molar-refractivity contribution in [3.05, 3.63) is 90.1 Å². The number of carbonyl (C=O) groups is 2. The van der Waals surface area contributed by atoms with Crippen LogP contribution in [0, 0.1) is 0 Å². The molecule has 0 bridgehead atoms. The van der Waals surface area contributed by atoms with E-state index in [-0.39, 0.29) is 11.3 Å². The van der Waals surface area contributed by atoms with Gasteiger partial charge in [-0.05, 0) is 90.1 Å². The molecule has 1 aromatic heterocycles. The molecule has 0 unspecified atom stereocenters. The summed E-state index contributed by atoms with van der Waals surface area (Å²) in [5.74, 6) is 1.27. The van der Waals surface area contributed by atoms with E-state index in [9.17, 15) is 9.59 Å². The highest BCUT2D eigenvalue weighted by molar-refractivity contribution is 6.06. The van der Waals surface area contributed by atoms with Gasteiger partial charge in [0.15, 0.2) is 0 Å². The van der Waals surface area contributed by atoms with Crippen LogP contribution in [0.5, 0.6) is 11.5 Å². The summed E-state index contributed by atoms with van der Waals surface area (Å²) in [4.78, 5) is 31.7. The number of pyridine rings is 1. The molecule has 212 valence electrons. The molecule has 3 aromatic carbocycles. The van der Waals surface area contributed by atoms with Gasteiger partial charge in [0.1, 0.15) is 23.9 Å². The maximum Gasteiger partial charge on any atom is 0.412 e. The number of anilines is 2. The van der Waals surface area contributed by atoms with Gasteiger partial charge in [0.2, 0.25) is 0 Å². The molecule has 5 rings (SSSR count). The number of hydrogen-bond donors (Lipinski definition) is 2. The fourth-order valence-electron chi connectivity index (χ4n) is 4.79. The third-order valence-corrected chi connectivity index (χ3v) is 7.10. The van der Waals surface area contributed by atoms with E-state index in [1.54, 1.807) is 18.3 Å². The van der Waals surface area contributed by atoms with E-state index in [2.05, 4.69) is 47.4 Å². The van der Waals surface area contributed by atoms with Crippen molar-refractivity contribution in [2.45, 2.75) is 39.0 Å². The van der Waals surface area contributed by atoms with Crippen molar-refractivity contribution in [3.63, 3.8) is 0 Å². The van der Waals surface area contributed by atoms with Crippen LogP contribution in [0.15, 0.2) is 79.0 Å². The molecule has 0 aliphatic carbocycles. The number of aromatic nitrogens is 1. The second-order valence-electron chi connectivity index (χ2n) is 11.3. The van der Waals surface area contributed by atoms with Crippen LogP contribution in [0.3, 0.4) is 0 Å². The van der Waals surface area contributed by atoms with Crippen LogP contribution in [0.2, 0.25) is 0 Å². The lowest BCUT2D eigenvalue weighted by atomic mass is 9.87. The van der Waals surface area contributed by atoms with Crippen molar-refractivity contribution >= 4 is 34.3 Å². The van der Waals surface area contributed by atoms with Crippen molar-refractivity contribution in [3.8, 4) is 11.5 Å². The Balaban J connectivity index is 1.22. The lowest BCUT2D eigenvalue weighted by Gasteiger charge is -2.20. The van der Waals surface area contributed by atoms with E-state index in [1.165, 1.54) is 12.8 Å². The Morgan fingerprint density at radius 1 is 0.878 bits per heavy atom. The Bertz CT molecular complexity index is 1540. The SMILES string of the molecule is CC(C)(C)c1cccc(NC(=O)c2ccc3ccc(Oc4ccnc(NC(=O)OCCN5CCCC5)c4)cc3c2)c1. The average Bonchev–Trinajstić information content (AvgIpc) is 3.46. The highest BCUT2D eigenvalue weighted by Crippen LogP contribution is 2.28. The monoisotopic (exact) mass is 552 g/mol. The molecule has 8 nitrogen and oxygen atoms in total. The lowest BCUT2D eigenvalue weighted by Crippen LogP contribution is -2.26. The first kappa shape index (κ1) is 28.1. The Morgan fingerprint density at radius 2 is 1.66 bits per heavy atom. The summed E-state index contributed by atoms with van der Waals surface area (Å²) in [7, 11) is 0. The first-order valence-corrected chi connectivity index (χ1v) is 14.0. The quantitative estimate of drug-likeness (QED) is 0.240. The molecule has 1 saturated heterocycles. The van der Waals surface area contributed by atoms with Gasteiger partial charge in [-0.3, -0.25) is 15.0 Å². The van der Waals surface area contributed by atoms with Crippen molar-refractivity contribution < 1.29 is 19.1 Å². The smallest absolute Gasteiger partial charge is 0.412 e. The molecular formula is C33H36N4O4. The number of rotatable bonds is 8. The molecule has 1 aliphatic rings. The first-order valence-electron chi connectivity index (χ1n) is 14.0. The maximum absolute atomic E-state index is 13.1. The molecule has 0 spiro atoms. The minimum Gasteiger partial charge on any atom is -0.457 e. The zero-order valence-electron chi connectivity index (χ0n) is 23.8. The van der Waals surface area contributed by atoms with Gasteiger partial charge in [0.25, 0.3) is 5.91 Å². The summed E-state index contributed by atoms with van der Waals surface area (Å²) in [5, 5.41) is 7.53. The fraction of sp³-hybridized carbons (Fsp3) is 0.303. The Kier molecular flexibility index (Phi) is 8.50. The number of carbonyl (C=O) groups excluding carboxylic acids is 2. The molecule has 41 heavy (non-hydrogen) atoms. The molecule has 1 aliphatic heterocycles. The summed E-state index contributed by atoms with van der Waals surface area (Å²) in [6, 6.07) is 22.6. The summed E-state index contributed by atoms with van der Waals surface area (Å²) >= 11 is 0. The van der Waals surface area contributed by atoms with Gasteiger partial charge >= 0.3 is 6.09 Å². The van der Waals surface area contributed by atoms with Crippen molar-refractivity contribution in [1.29, 1.82) is 0 Å². The van der Waals surface area contributed by atoms with E-state index in [1.807, 2.05) is 54.6 Å². The van der Waals surface area contributed by atoms with Gasteiger partial charge < -0.3 is 14.8 Å². The number of benzene rings is 3. The topological polar surface area (TPSA) is 92.8 Å². The number of nitrogens with zero attached hydrogens (tertiary/aromatic N) is 2. The van der Waals surface area contributed by atoms with Gasteiger partial charge in [-0.1, -0.05) is 45.0 Å². The van der Waals surface area contributed by atoms with Crippen LogP contribution >= 0.6 is 0 Å². The van der Waals surface area contributed by atoms with Crippen LogP contribution in [0.25, 0.3) is 10.8 Å². The van der Waals surface area contributed by atoms with Gasteiger partial charge in [0.05, 0.1) is 0 Å². The number of hydrogen-bond acceptors (Lipinski definition) is 6. The molecule has 2 heterocycles. The van der Waals surface area contributed by atoms with Gasteiger partial charge in [-0.15, -0.1) is 0 Å². The Labute approximate surface area is 240 Å². The Hall–Kier alpha value is -4.43. The molecule has 1 fully saturated rings. The molecule has 4 aromatic rings. The van der Waals surface area contributed by atoms with E-state index in [0.717, 1.165) is 41.7 Å². The number of nitrogens with one attached hydrogen (secondary N) is 2. The van der Waals surface area contributed by atoms with E-state index < -0.39 is 6.09 Å². The number of fused-ring (bicyclic) bond motifs is 1. The van der Waals surface area contributed by atoms with E-state index in [4.69, 9.17) is 9.47 Å². The summed E-state index contributed by atoms with van der Waals surface area (Å²) in [5.41, 5.74) is 2.45. The van der Waals surface area contributed by atoms with E-state index in [0.29, 0.717) is 29.5 Å². The molecule has 2 amide bonds. The summed E-state index contributed by atoms with van der Waals surface area (Å²) in [6.07, 6.45) is 3.41. The highest BCUT2D eigenvalue weighted by Gasteiger charge is 2.15. The minimum absolute atomic E-state index is 0.0118. The maximum atomic E-state index is 13.1. The van der Waals surface area contributed by atoms with Crippen molar-refractivity contribution in [2.24, 2.45) is 0 Å². The second-order valence-corrected chi connectivity index (χ2v) is 11.3. The predicted octanol–water partition coefficient (Wildman–Crippen LogP) is 7.22. The van der Waals surface area contributed by atoms with Crippen LogP contribution in [-0.2, 0) is 10.2 Å². The van der Waals surface area contributed by atoms with Crippen LogP contribution in [0.4, 0.5) is 16.3 Å². The van der Waals surface area contributed by atoms with Crippen LogP contribution in [-0.4, -0.2) is 48.1 Å². The van der Waals surface area contributed by atoms with Crippen LogP contribution < -0.4 is 15.4 Å². The third-order valence-electron chi connectivity index (χ3n) is 7.10. The standard InChI is InChI=1S/C33H36N4O4/c1-33(2,3)26-7-6-8-27(21-26)35-31(38)24-10-9-23-11-12-28(20-25(23)19-24)41-29-13-14-34-30(22-29)36-32(39)40-18-17-37-15-4-5-16-37/h6-14,19-22H,4-5,15-18H2,1-3H3,(H,35,38)(H,34,36,39). The van der Waals surface area contributed by atoms with Gasteiger partial charge in [0, 0.05) is 30.1 Å². The van der Waals surface area contributed by atoms with Gasteiger partial charge in [-0.2, -0.15) is 0 Å². The van der Waals surface area contributed by atoms with Gasteiger partial charge in [-0.25, -0.2) is 9.78 Å². The molecule has 8 heteroatoms. The normalized spacial score (nSPS) is 13.6. The Morgan fingerprint density at radius 3 is 2.46 bits per heavy atom. The summed E-state index contributed by atoms with van der Waals surface area (Å²) < 4.78 is 11.4. The van der Waals surface area contributed by atoms with Crippen molar-refractivity contribution in [1.82, 2.24) is 9.88 Å². The average molecular weight is 553 g/mol. The zero-order valence-corrected chi connectivity index (χ0v) is 23.8. The third kappa shape index (κ3) is 7.61. The highest BCUT2D eigenvalue weighted by atomic mass is 16.5. The summed E-state index contributed by atoms with van der Waals surface area (Å²) in [6.45, 7) is 9.62. The second kappa shape index (κ2) is 12.4.